The number of benzene rings is 3. The molecule has 0 bridgehead atoms. The van der Waals surface area contributed by atoms with Gasteiger partial charge in [0.2, 0.25) is 0 Å². The lowest BCUT2D eigenvalue weighted by atomic mass is 10.0. The van der Waals surface area contributed by atoms with Crippen molar-refractivity contribution < 1.29 is 0 Å². The zero-order valence-corrected chi connectivity index (χ0v) is 14.6. The van der Waals surface area contributed by atoms with Gasteiger partial charge in [-0.05, 0) is 75.2 Å². The molecule has 0 fully saturated rings. The summed E-state index contributed by atoms with van der Waals surface area (Å²) in [6.45, 7) is 2.05. The summed E-state index contributed by atoms with van der Waals surface area (Å²) >= 11 is 2.35. The number of hydrogen-bond acceptors (Lipinski definition) is 0. The third-order valence-corrected chi connectivity index (χ3v) is 4.29. The van der Waals surface area contributed by atoms with Gasteiger partial charge in [-0.2, -0.15) is 0 Å². The Morgan fingerprint density at radius 2 is 1.55 bits per heavy atom. The Bertz CT molecular complexity index is 857. The summed E-state index contributed by atoms with van der Waals surface area (Å²) in [6.07, 6.45) is 8.61. The zero-order chi connectivity index (χ0) is 15.4. The molecule has 0 aliphatic heterocycles. The van der Waals surface area contributed by atoms with E-state index in [0.29, 0.717) is 0 Å². The van der Waals surface area contributed by atoms with Crippen LogP contribution in [0.5, 0.6) is 0 Å². The minimum absolute atomic E-state index is 1.23. The minimum Gasteiger partial charge on any atom is -0.0870 e. The normalized spacial score (nSPS) is 11.7. The van der Waals surface area contributed by atoms with Gasteiger partial charge >= 0.3 is 0 Å². The molecular formula is C21H17I. The van der Waals surface area contributed by atoms with Gasteiger partial charge in [-0.3, -0.25) is 0 Å². The molecule has 0 aliphatic rings. The van der Waals surface area contributed by atoms with Gasteiger partial charge in [-0.15, -0.1) is 0 Å². The Morgan fingerprint density at radius 1 is 0.727 bits per heavy atom. The molecule has 0 radical (unpaired) electrons. The van der Waals surface area contributed by atoms with Crippen LogP contribution >= 0.6 is 22.6 Å². The van der Waals surface area contributed by atoms with Crippen molar-refractivity contribution in [2.75, 3.05) is 0 Å². The van der Waals surface area contributed by atoms with E-state index < -0.39 is 0 Å². The van der Waals surface area contributed by atoms with Crippen LogP contribution in [0.2, 0.25) is 0 Å². The largest absolute Gasteiger partial charge is 0.0870 e. The maximum atomic E-state index is 2.35. The van der Waals surface area contributed by atoms with Crippen LogP contribution in [-0.2, 0) is 0 Å². The van der Waals surface area contributed by atoms with E-state index in [2.05, 4.69) is 114 Å². The molecule has 108 valence electrons. The van der Waals surface area contributed by atoms with Crippen molar-refractivity contribution >= 4 is 51.6 Å². The van der Waals surface area contributed by atoms with Gasteiger partial charge in [0.1, 0.15) is 0 Å². The molecular weight excluding hydrogens is 379 g/mol. The van der Waals surface area contributed by atoms with Crippen LogP contribution in [0.1, 0.15) is 23.6 Å². The van der Waals surface area contributed by atoms with Crippen LogP contribution in [0.3, 0.4) is 0 Å². The van der Waals surface area contributed by atoms with Crippen LogP contribution in [0.15, 0.2) is 66.7 Å². The average molecular weight is 396 g/mol. The molecule has 3 aromatic carbocycles. The molecule has 0 aliphatic carbocycles. The lowest BCUT2D eigenvalue weighted by molar-refractivity contribution is 1.56. The van der Waals surface area contributed by atoms with Crippen LogP contribution < -0.4 is 0 Å². The van der Waals surface area contributed by atoms with E-state index >= 15 is 0 Å². The molecule has 0 saturated carbocycles. The Balaban J connectivity index is 1.95. The standard InChI is InChI=1S/C21H17I/c1-2-5-19-15-21(22)13-12-18(19)11-9-16-8-10-17-6-3-4-7-20(17)14-16/h2-15H,1H3/b5-2-,11-9+. The Hall–Kier alpha value is -1.87. The van der Waals surface area contributed by atoms with E-state index in [0.717, 1.165) is 0 Å². The topological polar surface area (TPSA) is 0 Å². The second-order valence-electron chi connectivity index (χ2n) is 5.21. The lowest BCUT2D eigenvalue weighted by Crippen LogP contribution is -1.82. The van der Waals surface area contributed by atoms with Crippen LogP contribution in [0.25, 0.3) is 29.0 Å². The van der Waals surface area contributed by atoms with Crippen molar-refractivity contribution in [3.05, 3.63) is 87.0 Å². The summed E-state index contributed by atoms with van der Waals surface area (Å²) in [5.41, 5.74) is 3.72. The van der Waals surface area contributed by atoms with E-state index in [9.17, 15) is 0 Å². The SMILES string of the molecule is C/C=C\c1cc(I)ccc1/C=C/c1ccc2ccccc2c1. The predicted molar refractivity (Wildman–Crippen MR) is 107 cm³/mol. The van der Waals surface area contributed by atoms with Crippen molar-refractivity contribution in [1.82, 2.24) is 0 Å². The quantitative estimate of drug-likeness (QED) is 0.344. The van der Waals surface area contributed by atoms with Gasteiger partial charge in [-0.25, -0.2) is 0 Å². The van der Waals surface area contributed by atoms with Crippen LogP contribution in [0, 0.1) is 3.57 Å². The van der Waals surface area contributed by atoms with E-state index in [-0.39, 0.29) is 0 Å². The summed E-state index contributed by atoms with van der Waals surface area (Å²) < 4.78 is 1.26. The molecule has 22 heavy (non-hydrogen) atoms. The Labute approximate surface area is 145 Å². The second-order valence-corrected chi connectivity index (χ2v) is 6.46. The van der Waals surface area contributed by atoms with Crippen molar-refractivity contribution in [3.8, 4) is 0 Å². The summed E-state index contributed by atoms with van der Waals surface area (Å²) in [5.74, 6) is 0. The van der Waals surface area contributed by atoms with E-state index in [1.165, 1.54) is 31.0 Å². The molecule has 0 unspecified atom stereocenters. The highest BCUT2D eigenvalue weighted by molar-refractivity contribution is 14.1. The highest BCUT2D eigenvalue weighted by Crippen LogP contribution is 2.20. The highest BCUT2D eigenvalue weighted by atomic mass is 127. The summed E-state index contributed by atoms with van der Waals surface area (Å²) in [5, 5.41) is 2.56. The summed E-state index contributed by atoms with van der Waals surface area (Å²) in [7, 11) is 0. The molecule has 0 N–H and O–H groups in total. The molecule has 3 rings (SSSR count). The van der Waals surface area contributed by atoms with Crippen molar-refractivity contribution in [2.24, 2.45) is 0 Å². The monoisotopic (exact) mass is 396 g/mol. The van der Waals surface area contributed by atoms with Gasteiger partial charge in [0.05, 0.1) is 0 Å². The highest BCUT2D eigenvalue weighted by Gasteiger charge is 1.98. The van der Waals surface area contributed by atoms with E-state index in [1.54, 1.807) is 0 Å². The lowest BCUT2D eigenvalue weighted by Gasteiger charge is -2.03. The first kappa shape index (κ1) is 15.0. The smallest absolute Gasteiger partial charge is 0.0136 e. The third-order valence-electron chi connectivity index (χ3n) is 3.62. The summed E-state index contributed by atoms with van der Waals surface area (Å²) in [4.78, 5) is 0. The number of halogens is 1. The fourth-order valence-electron chi connectivity index (χ4n) is 2.52. The second kappa shape index (κ2) is 6.93. The molecule has 0 spiro atoms. The van der Waals surface area contributed by atoms with Gasteiger partial charge in [0, 0.05) is 3.57 Å². The van der Waals surface area contributed by atoms with Crippen molar-refractivity contribution in [1.29, 1.82) is 0 Å². The number of rotatable bonds is 3. The number of fused-ring (bicyclic) bond motifs is 1. The van der Waals surface area contributed by atoms with Crippen molar-refractivity contribution in [3.63, 3.8) is 0 Å². The molecule has 0 amide bonds. The molecule has 1 heteroatoms. The first-order chi connectivity index (χ1) is 10.8. The minimum atomic E-state index is 1.23. The number of hydrogen-bond donors (Lipinski definition) is 0. The first-order valence-electron chi connectivity index (χ1n) is 7.35. The first-order valence-corrected chi connectivity index (χ1v) is 8.43. The summed E-state index contributed by atoms with van der Waals surface area (Å²) in [6, 6.07) is 21.6. The fourth-order valence-corrected chi connectivity index (χ4v) is 3.03. The Kier molecular flexibility index (Phi) is 4.74. The maximum absolute atomic E-state index is 2.35. The molecule has 0 aromatic heterocycles. The van der Waals surface area contributed by atoms with Gasteiger partial charge < -0.3 is 0 Å². The number of allylic oxidation sites excluding steroid dienone is 1. The molecule has 0 heterocycles. The fraction of sp³-hybridized carbons (Fsp3) is 0.0476. The van der Waals surface area contributed by atoms with Gasteiger partial charge in [0.15, 0.2) is 0 Å². The average Bonchev–Trinajstić information content (AvgIpc) is 2.54. The third kappa shape index (κ3) is 3.47. The molecule has 0 nitrogen and oxygen atoms in total. The molecule has 3 aromatic rings. The Morgan fingerprint density at radius 3 is 2.36 bits per heavy atom. The predicted octanol–water partition coefficient (Wildman–Crippen LogP) is 6.65. The van der Waals surface area contributed by atoms with Crippen LogP contribution in [0.4, 0.5) is 0 Å². The van der Waals surface area contributed by atoms with Gasteiger partial charge in [0.25, 0.3) is 0 Å². The zero-order valence-electron chi connectivity index (χ0n) is 12.5. The van der Waals surface area contributed by atoms with Gasteiger partial charge in [-0.1, -0.05) is 66.8 Å². The molecule has 0 saturated heterocycles. The maximum Gasteiger partial charge on any atom is 0.0136 e. The van der Waals surface area contributed by atoms with E-state index in [1.807, 2.05) is 0 Å². The van der Waals surface area contributed by atoms with E-state index in [4.69, 9.17) is 0 Å². The molecule has 0 atom stereocenters. The van der Waals surface area contributed by atoms with Crippen LogP contribution in [-0.4, -0.2) is 0 Å². The van der Waals surface area contributed by atoms with Crippen molar-refractivity contribution in [2.45, 2.75) is 6.92 Å².